The van der Waals surface area contributed by atoms with Crippen LogP contribution >= 0.6 is 11.6 Å². The first kappa shape index (κ1) is 13.7. The predicted molar refractivity (Wildman–Crippen MR) is 80.5 cm³/mol. The van der Waals surface area contributed by atoms with Gasteiger partial charge in [-0.25, -0.2) is 0 Å². The third-order valence-corrected chi connectivity index (χ3v) is 4.03. The van der Waals surface area contributed by atoms with Crippen LogP contribution in [-0.4, -0.2) is 17.5 Å². The summed E-state index contributed by atoms with van der Waals surface area (Å²) in [5.74, 6) is 0.984. The second-order valence-electron chi connectivity index (χ2n) is 5.29. The van der Waals surface area contributed by atoms with Gasteiger partial charge in [-0.2, -0.15) is 0 Å². The van der Waals surface area contributed by atoms with Crippen molar-refractivity contribution < 1.29 is 4.42 Å². The summed E-state index contributed by atoms with van der Waals surface area (Å²) in [6.45, 7) is 1.38. The smallest absolute Gasteiger partial charge is 0.117 e. The minimum Gasteiger partial charge on any atom is -0.468 e. The van der Waals surface area contributed by atoms with Gasteiger partial charge in [-0.3, -0.25) is 4.90 Å². The summed E-state index contributed by atoms with van der Waals surface area (Å²) < 4.78 is 5.49. The molecule has 1 aromatic carbocycles. The molecular formula is C16H19ClN2O. The molecule has 1 atom stereocenters. The van der Waals surface area contributed by atoms with Crippen molar-refractivity contribution in [1.82, 2.24) is 4.90 Å². The summed E-state index contributed by atoms with van der Waals surface area (Å²) in [7, 11) is 0. The zero-order valence-corrected chi connectivity index (χ0v) is 12.1. The molecule has 20 heavy (non-hydrogen) atoms. The first-order chi connectivity index (χ1) is 9.78. The van der Waals surface area contributed by atoms with Crippen molar-refractivity contribution in [3.05, 3.63) is 59.0 Å². The van der Waals surface area contributed by atoms with E-state index in [9.17, 15) is 0 Å². The minimum absolute atomic E-state index is 0.186. The fraction of sp³-hybridized carbons (Fsp3) is 0.375. The summed E-state index contributed by atoms with van der Waals surface area (Å²) in [5, 5.41) is 0.759. The van der Waals surface area contributed by atoms with Gasteiger partial charge in [0.25, 0.3) is 0 Å². The third kappa shape index (κ3) is 3.06. The van der Waals surface area contributed by atoms with Crippen molar-refractivity contribution in [2.24, 2.45) is 5.73 Å². The molecule has 1 aromatic heterocycles. The molecule has 3 rings (SSSR count). The summed E-state index contributed by atoms with van der Waals surface area (Å²) in [6, 6.07) is 12.7. The molecule has 1 saturated carbocycles. The highest BCUT2D eigenvalue weighted by molar-refractivity contribution is 6.30. The second kappa shape index (κ2) is 6.00. The Morgan fingerprint density at radius 1 is 1.30 bits per heavy atom. The van der Waals surface area contributed by atoms with Crippen molar-refractivity contribution in [3.63, 3.8) is 0 Å². The molecule has 4 heteroatoms. The first-order valence-electron chi connectivity index (χ1n) is 7.01. The first-order valence-corrected chi connectivity index (χ1v) is 7.39. The Morgan fingerprint density at radius 2 is 2.15 bits per heavy atom. The molecule has 1 aliphatic rings. The van der Waals surface area contributed by atoms with E-state index >= 15 is 0 Å². The lowest BCUT2D eigenvalue weighted by Gasteiger charge is -2.30. The third-order valence-electron chi connectivity index (χ3n) is 3.79. The molecule has 2 aromatic rings. The van der Waals surface area contributed by atoms with E-state index in [1.165, 1.54) is 18.4 Å². The lowest BCUT2D eigenvalue weighted by molar-refractivity contribution is 0.168. The quantitative estimate of drug-likeness (QED) is 0.884. The Kier molecular flexibility index (Phi) is 4.10. The number of hydrogen-bond donors (Lipinski definition) is 1. The Balaban J connectivity index is 1.84. The summed E-state index contributed by atoms with van der Waals surface area (Å²) in [6.07, 6.45) is 4.19. The van der Waals surface area contributed by atoms with Gasteiger partial charge in [0.1, 0.15) is 5.76 Å². The van der Waals surface area contributed by atoms with Gasteiger partial charge in [-0.15, -0.1) is 0 Å². The van der Waals surface area contributed by atoms with Gasteiger partial charge >= 0.3 is 0 Å². The van der Waals surface area contributed by atoms with Crippen LogP contribution in [0.15, 0.2) is 47.1 Å². The summed E-state index contributed by atoms with van der Waals surface area (Å²) >= 11 is 6.11. The van der Waals surface area contributed by atoms with Crippen LogP contribution in [0.5, 0.6) is 0 Å². The van der Waals surface area contributed by atoms with Crippen LogP contribution in [0.1, 0.15) is 30.2 Å². The highest BCUT2D eigenvalue weighted by Gasteiger charge is 2.34. The standard InChI is InChI=1S/C16H19ClN2O/c17-13-4-1-3-12(9-13)16(10-18)19(14-6-7-14)11-15-5-2-8-20-15/h1-5,8-9,14,16H,6-7,10-11,18H2. The van der Waals surface area contributed by atoms with Crippen LogP contribution in [0.25, 0.3) is 0 Å². The fourth-order valence-corrected chi connectivity index (χ4v) is 2.86. The summed E-state index contributed by atoms with van der Waals surface area (Å²) in [4.78, 5) is 2.44. The van der Waals surface area contributed by atoms with Gasteiger partial charge in [-0.05, 0) is 42.7 Å². The molecule has 1 heterocycles. The molecular weight excluding hydrogens is 272 g/mol. The monoisotopic (exact) mass is 290 g/mol. The Hall–Kier alpha value is -1.29. The van der Waals surface area contributed by atoms with Crippen LogP contribution < -0.4 is 5.73 Å². The molecule has 1 aliphatic carbocycles. The maximum absolute atomic E-state index is 6.11. The number of hydrogen-bond acceptors (Lipinski definition) is 3. The van der Waals surface area contributed by atoms with Gasteiger partial charge in [0, 0.05) is 23.7 Å². The van der Waals surface area contributed by atoms with Crippen LogP contribution in [0, 0.1) is 0 Å². The van der Waals surface area contributed by atoms with Crippen LogP contribution in [-0.2, 0) is 6.54 Å². The van der Waals surface area contributed by atoms with Crippen LogP contribution in [0.4, 0.5) is 0 Å². The Bertz CT molecular complexity index is 551. The predicted octanol–water partition coefficient (Wildman–Crippen LogP) is 3.60. The highest BCUT2D eigenvalue weighted by atomic mass is 35.5. The largest absolute Gasteiger partial charge is 0.468 e. The van der Waals surface area contributed by atoms with E-state index in [1.54, 1.807) is 6.26 Å². The molecule has 3 nitrogen and oxygen atoms in total. The van der Waals surface area contributed by atoms with E-state index in [-0.39, 0.29) is 6.04 Å². The fourth-order valence-electron chi connectivity index (χ4n) is 2.66. The van der Waals surface area contributed by atoms with Gasteiger partial charge in [0.15, 0.2) is 0 Å². The number of nitrogens with zero attached hydrogens (tertiary/aromatic N) is 1. The lowest BCUT2D eigenvalue weighted by atomic mass is 10.0. The van der Waals surface area contributed by atoms with Crippen molar-refractivity contribution in [2.75, 3.05) is 6.54 Å². The molecule has 0 spiro atoms. The van der Waals surface area contributed by atoms with Gasteiger partial charge < -0.3 is 10.2 Å². The van der Waals surface area contributed by atoms with Gasteiger partial charge in [0.05, 0.1) is 12.8 Å². The summed E-state index contributed by atoms with van der Waals surface area (Å²) in [5.41, 5.74) is 7.21. The number of furan rings is 1. The zero-order valence-electron chi connectivity index (χ0n) is 11.3. The van der Waals surface area contributed by atoms with Gasteiger partial charge in [0.2, 0.25) is 0 Å². The normalized spacial score (nSPS) is 16.6. The highest BCUT2D eigenvalue weighted by Crippen LogP contribution is 2.36. The average molecular weight is 291 g/mol. The molecule has 1 unspecified atom stereocenters. The van der Waals surface area contributed by atoms with E-state index in [0.29, 0.717) is 12.6 Å². The molecule has 0 radical (unpaired) electrons. The average Bonchev–Trinajstić information content (AvgIpc) is 3.16. The van der Waals surface area contributed by atoms with Crippen molar-refractivity contribution >= 4 is 11.6 Å². The Morgan fingerprint density at radius 3 is 2.75 bits per heavy atom. The molecule has 0 aliphatic heterocycles. The number of rotatable bonds is 6. The number of halogens is 1. The van der Waals surface area contributed by atoms with E-state index in [4.69, 9.17) is 21.8 Å². The molecule has 0 bridgehead atoms. The van der Waals surface area contributed by atoms with Crippen LogP contribution in [0.3, 0.4) is 0 Å². The number of benzene rings is 1. The minimum atomic E-state index is 0.186. The van der Waals surface area contributed by atoms with E-state index < -0.39 is 0 Å². The van der Waals surface area contributed by atoms with Gasteiger partial charge in [-0.1, -0.05) is 23.7 Å². The molecule has 1 fully saturated rings. The maximum atomic E-state index is 6.11. The second-order valence-corrected chi connectivity index (χ2v) is 5.73. The molecule has 0 amide bonds. The molecule has 0 saturated heterocycles. The van der Waals surface area contributed by atoms with E-state index in [2.05, 4.69) is 11.0 Å². The van der Waals surface area contributed by atoms with E-state index in [0.717, 1.165) is 17.3 Å². The SMILES string of the molecule is NCC(c1cccc(Cl)c1)N(Cc1ccco1)C1CC1. The van der Waals surface area contributed by atoms with Crippen molar-refractivity contribution in [3.8, 4) is 0 Å². The van der Waals surface area contributed by atoms with Crippen molar-refractivity contribution in [1.29, 1.82) is 0 Å². The van der Waals surface area contributed by atoms with E-state index in [1.807, 2.05) is 30.3 Å². The number of nitrogens with two attached hydrogens (primary N) is 1. The van der Waals surface area contributed by atoms with Crippen LogP contribution in [0.2, 0.25) is 5.02 Å². The maximum Gasteiger partial charge on any atom is 0.117 e. The molecule has 106 valence electrons. The zero-order chi connectivity index (χ0) is 13.9. The Labute approximate surface area is 124 Å². The topological polar surface area (TPSA) is 42.4 Å². The van der Waals surface area contributed by atoms with Crippen molar-refractivity contribution in [2.45, 2.75) is 31.5 Å². The lowest BCUT2D eigenvalue weighted by Crippen LogP contribution is -2.35. The molecule has 2 N–H and O–H groups in total.